The SMILES string of the molecule is O=C(O)/C=C/C(=O)O.O=C1Cc2ccccc2N1. The number of hydrogen-bond donors (Lipinski definition) is 3. The van der Waals surface area contributed by atoms with Crippen LogP contribution in [0, 0.1) is 0 Å². The molecule has 6 nitrogen and oxygen atoms in total. The van der Waals surface area contributed by atoms with Crippen LogP contribution in [0.15, 0.2) is 36.4 Å². The summed E-state index contributed by atoms with van der Waals surface area (Å²) in [7, 11) is 0. The van der Waals surface area contributed by atoms with Crippen molar-refractivity contribution in [2.24, 2.45) is 0 Å². The van der Waals surface area contributed by atoms with Crippen molar-refractivity contribution in [1.82, 2.24) is 0 Å². The molecule has 0 saturated carbocycles. The van der Waals surface area contributed by atoms with Crippen LogP contribution < -0.4 is 5.32 Å². The molecule has 0 saturated heterocycles. The molecular formula is C12H11NO5. The van der Waals surface area contributed by atoms with Crippen LogP contribution in [0.25, 0.3) is 0 Å². The predicted molar refractivity (Wildman–Crippen MR) is 63.2 cm³/mol. The fourth-order valence-corrected chi connectivity index (χ4v) is 1.31. The maximum Gasteiger partial charge on any atom is 0.328 e. The molecule has 18 heavy (non-hydrogen) atoms. The second-order valence-electron chi connectivity index (χ2n) is 3.39. The first-order valence-corrected chi connectivity index (χ1v) is 5.00. The number of benzene rings is 1. The summed E-state index contributed by atoms with van der Waals surface area (Å²) in [5, 5.41) is 18.4. The van der Waals surface area contributed by atoms with E-state index in [2.05, 4.69) is 5.32 Å². The van der Waals surface area contributed by atoms with Gasteiger partial charge in [0, 0.05) is 17.8 Å². The Bertz CT molecular complexity index is 464. The third kappa shape index (κ3) is 4.48. The second kappa shape index (κ2) is 6.19. The van der Waals surface area contributed by atoms with E-state index in [1.165, 1.54) is 0 Å². The summed E-state index contributed by atoms with van der Waals surface area (Å²) in [5.41, 5.74) is 2.07. The fourth-order valence-electron chi connectivity index (χ4n) is 1.31. The Kier molecular flexibility index (Phi) is 4.62. The molecule has 94 valence electrons. The summed E-state index contributed by atoms with van der Waals surface area (Å²) < 4.78 is 0. The molecule has 1 aliphatic heterocycles. The third-order valence-electron chi connectivity index (χ3n) is 2.01. The lowest BCUT2D eigenvalue weighted by Crippen LogP contribution is -2.03. The Morgan fingerprint density at radius 3 is 2.17 bits per heavy atom. The second-order valence-corrected chi connectivity index (χ2v) is 3.39. The van der Waals surface area contributed by atoms with Crippen LogP contribution in [0.3, 0.4) is 0 Å². The number of anilines is 1. The van der Waals surface area contributed by atoms with E-state index in [1.54, 1.807) is 0 Å². The Labute approximate surface area is 103 Å². The van der Waals surface area contributed by atoms with E-state index in [4.69, 9.17) is 10.2 Å². The van der Waals surface area contributed by atoms with Crippen LogP contribution in [-0.4, -0.2) is 28.1 Å². The zero-order valence-corrected chi connectivity index (χ0v) is 9.29. The Hall–Kier alpha value is -2.63. The number of rotatable bonds is 2. The van der Waals surface area contributed by atoms with E-state index in [-0.39, 0.29) is 5.91 Å². The van der Waals surface area contributed by atoms with E-state index < -0.39 is 11.9 Å². The minimum absolute atomic E-state index is 0.0983. The summed E-state index contributed by atoms with van der Waals surface area (Å²) >= 11 is 0. The van der Waals surface area contributed by atoms with Gasteiger partial charge in [0.15, 0.2) is 0 Å². The maximum absolute atomic E-state index is 10.8. The van der Waals surface area contributed by atoms with Gasteiger partial charge in [0.2, 0.25) is 5.91 Å². The molecule has 3 N–H and O–H groups in total. The van der Waals surface area contributed by atoms with Gasteiger partial charge in [-0.1, -0.05) is 18.2 Å². The monoisotopic (exact) mass is 249 g/mol. The number of aliphatic carboxylic acids is 2. The van der Waals surface area contributed by atoms with Crippen LogP contribution in [0.2, 0.25) is 0 Å². The van der Waals surface area contributed by atoms with Gasteiger partial charge in [-0.25, -0.2) is 9.59 Å². The molecule has 0 unspecified atom stereocenters. The lowest BCUT2D eigenvalue weighted by atomic mass is 10.2. The smallest absolute Gasteiger partial charge is 0.328 e. The average Bonchev–Trinajstić information content (AvgIpc) is 2.67. The normalized spacial score (nSPS) is 12.3. The number of amides is 1. The van der Waals surface area contributed by atoms with E-state index >= 15 is 0 Å². The van der Waals surface area contributed by atoms with Gasteiger partial charge in [0.25, 0.3) is 0 Å². The van der Waals surface area contributed by atoms with Crippen molar-refractivity contribution in [3.05, 3.63) is 42.0 Å². The number of para-hydroxylation sites is 1. The van der Waals surface area contributed by atoms with Crippen molar-refractivity contribution in [2.45, 2.75) is 6.42 Å². The van der Waals surface area contributed by atoms with Gasteiger partial charge in [-0.05, 0) is 11.6 Å². The first kappa shape index (κ1) is 13.4. The molecule has 0 aliphatic carbocycles. The first-order chi connectivity index (χ1) is 8.49. The van der Waals surface area contributed by atoms with Crippen LogP contribution >= 0.6 is 0 Å². The Balaban J connectivity index is 0.000000187. The topological polar surface area (TPSA) is 104 Å². The summed E-state index contributed by atoms with van der Waals surface area (Å²) in [6, 6.07) is 7.75. The minimum atomic E-state index is -1.26. The maximum atomic E-state index is 10.8. The summed E-state index contributed by atoms with van der Waals surface area (Å²) in [4.78, 5) is 29.9. The van der Waals surface area contributed by atoms with Crippen molar-refractivity contribution in [2.75, 3.05) is 5.32 Å². The van der Waals surface area contributed by atoms with Gasteiger partial charge in [0.05, 0.1) is 6.42 Å². The van der Waals surface area contributed by atoms with Gasteiger partial charge in [-0.3, -0.25) is 4.79 Å². The van der Waals surface area contributed by atoms with E-state index in [0.29, 0.717) is 18.6 Å². The van der Waals surface area contributed by atoms with Crippen LogP contribution in [0.4, 0.5) is 5.69 Å². The molecule has 0 radical (unpaired) electrons. The number of fused-ring (bicyclic) bond motifs is 1. The molecule has 0 bridgehead atoms. The van der Waals surface area contributed by atoms with Crippen LogP contribution in [0.5, 0.6) is 0 Å². The molecule has 2 rings (SSSR count). The molecule has 1 amide bonds. The number of carbonyl (C=O) groups excluding carboxylic acids is 1. The predicted octanol–water partition coefficient (Wildman–Crippen LogP) is 0.893. The number of carboxylic acids is 2. The van der Waals surface area contributed by atoms with Crippen molar-refractivity contribution in [3.8, 4) is 0 Å². The summed E-state index contributed by atoms with van der Waals surface area (Å²) in [6.45, 7) is 0. The van der Waals surface area contributed by atoms with Gasteiger partial charge in [0.1, 0.15) is 0 Å². The molecule has 0 aromatic heterocycles. The number of carbonyl (C=O) groups is 3. The Morgan fingerprint density at radius 2 is 1.67 bits per heavy atom. The highest BCUT2D eigenvalue weighted by molar-refractivity contribution is 5.98. The van der Waals surface area contributed by atoms with Crippen molar-refractivity contribution in [1.29, 1.82) is 0 Å². The minimum Gasteiger partial charge on any atom is -0.478 e. The lowest BCUT2D eigenvalue weighted by Gasteiger charge is -1.93. The largest absolute Gasteiger partial charge is 0.478 e. The van der Waals surface area contributed by atoms with Crippen molar-refractivity contribution < 1.29 is 24.6 Å². The molecule has 0 fully saturated rings. The molecule has 1 aliphatic rings. The molecular weight excluding hydrogens is 238 g/mol. The molecule has 1 heterocycles. The van der Waals surface area contributed by atoms with E-state index in [1.807, 2.05) is 24.3 Å². The highest BCUT2D eigenvalue weighted by Gasteiger charge is 2.15. The number of carboxylic acid groups (broad SMARTS) is 2. The Morgan fingerprint density at radius 1 is 1.11 bits per heavy atom. The highest BCUT2D eigenvalue weighted by Crippen LogP contribution is 2.20. The zero-order valence-electron chi connectivity index (χ0n) is 9.29. The quantitative estimate of drug-likeness (QED) is 0.675. The van der Waals surface area contributed by atoms with Crippen LogP contribution in [0.1, 0.15) is 5.56 Å². The van der Waals surface area contributed by atoms with Crippen molar-refractivity contribution >= 4 is 23.5 Å². The highest BCUT2D eigenvalue weighted by atomic mass is 16.4. The number of hydrogen-bond acceptors (Lipinski definition) is 3. The van der Waals surface area contributed by atoms with Gasteiger partial charge < -0.3 is 15.5 Å². The molecule has 1 aromatic carbocycles. The van der Waals surface area contributed by atoms with Crippen molar-refractivity contribution in [3.63, 3.8) is 0 Å². The molecule has 6 heteroatoms. The lowest BCUT2D eigenvalue weighted by molar-refractivity contribution is -0.134. The van der Waals surface area contributed by atoms with Gasteiger partial charge in [-0.2, -0.15) is 0 Å². The summed E-state index contributed by atoms with van der Waals surface area (Å²) in [5.74, 6) is -2.42. The molecule has 0 atom stereocenters. The standard InChI is InChI=1S/C8H7NO.C4H4O4/c10-8-5-6-3-1-2-4-7(6)9-8;5-3(6)1-2-4(7)8/h1-4H,5H2,(H,9,10);1-2H,(H,5,6)(H,7,8)/b;2-1+. The van der Waals surface area contributed by atoms with E-state index in [0.717, 1.165) is 11.3 Å². The average molecular weight is 249 g/mol. The first-order valence-electron chi connectivity index (χ1n) is 5.00. The van der Waals surface area contributed by atoms with Gasteiger partial charge in [-0.15, -0.1) is 0 Å². The molecule has 0 spiro atoms. The fraction of sp³-hybridized carbons (Fsp3) is 0.0833. The van der Waals surface area contributed by atoms with Gasteiger partial charge >= 0.3 is 11.9 Å². The summed E-state index contributed by atoms with van der Waals surface area (Å²) in [6.07, 6.45) is 1.65. The number of nitrogens with one attached hydrogen (secondary N) is 1. The molecule has 1 aromatic rings. The third-order valence-corrected chi connectivity index (χ3v) is 2.01. The zero-order chi connectivity index (χ0) is 13.5. The van der Waals surface area contributed by atoms with E-state index in [9.17, 15) is 14.4 Å². The van der Waals surface area contributed by atoms with Crippen LogP contribution in [-0.2, 0) is 20.8 Å².